The van der Waals surface area contributed by atoms with Crippen LogP contribution in [0.1, 0.15) is 51.0 Å². The Morgan fingerprint density at radius 2 is 1.95 bits per heavy atom. The van der Waals surface area contributed by atoms with Crippen molar-refractivity contribution in [3.63, 3.8) is 0 Å². The molecule has 1 fully saturated rings. The van der Waals surface area contributed by atoms with E-state index in [0.29, 0.717) is 12.3 Å². The van der Waals surface area contributed by atoms with Gasteiger partial charge in [0.25, 0.3) is 0 Å². The average Bonchev–Trinajstić information content (AvgIpc) is 2.46. The van der Waals surface area contributed by atoms with E-state index in [0.717, 1.165) is 23.3 Å². The second-order valence-electron chi connectivity index (χ2n) is 5.85. The molecule has 1 saturated carbocycles. The minimum atomic E-state index is -1.18. The third-order valence-electron chi connectivity index (χ3n) is 4.18. The Kier molecular flexibility index (Phi) is 5.53. The maximum Gasteiger partial charge on any atom is 0.148 e. The summed E-state index contributed by atoms with van der Waals surface area (Å²) in [7, 11) is -1.18. The Morgan fingerprint density at radius 3 is 2.60 bits per heavy atom. The van der Waals surface area contributed by atoms with Gasteiger partial charge < -0.3 is 0 Å². The molecule has 0 aromatic heterocycles. The normalized spacial score (nSPS) is 24.6. The molecule has 20 heavy (non-hydrogen) atoms. The van der Waals surface area contributed by atoms with Crippen LogP contribution in [0.3, 0.4) is 0 Å². The monoisotopic (exact) mass is 292 g/mol. The summed E-state index contributed by atoms with van der Waals surface area (Å²) in [6.45, 7) is 4.20. The van der Waals surface area contributed by atoms with Crippen molar-refractivity contribution in [2.45, 2.75) is 62.5 Å². The molecule has 0 N–H and O–H groups in total. The van der Waals surface area contributed by atoms with Gasteiger partial charge in [-0.3, -0.25) is 9.00 Å². The summed E-state index contributed by atoms with van der Waals surface area (Å²) in [6, 6.07) is 7.73. The van der Waals surface area contributed by atoms with Gasteiger partial charge in [0.15, 0.2) is 0 Å². The highest BCUT2D eigenvalue weighted by Gasteiger charge is 2.33. The summed E-state index contributed by atoms with van der Waals surface area (Å²) in [5.41, 5.74) is 1.15. The Bertz CT molecular complexity index is 478. The molecule has 0 spiro atoms. The van der Waals surface area contributed by atoms with E-state index in [4.69, 9.17) is 0 Å². The van der Waals surface area contributed by atoms with E-state index in [9.17, 15) is 9.00 Å². The number of Topliss-reactive ketones (excluding diaryl/α,β-unsaturated/α-hetero) is 1. The fraction of sp³-hybridized carbons (Fsp3) is 0.588. The Balaban J connectivity index is 2.06. The lowest BCUT2D eigenvalue weighted by Crippen LogP contribution is -2.33. The number of hydrogen-bond donors (Lipinski definition) is 0. The van der Waals surface area contributed by atoms with Gasteiger partial charge >= 0.3 is 0 Å². The van der Waals surface area contributed by atoms with Crippen LogP contribution < -0.4 is 0 Å². The number of ketones is 1. The highest BCUT2D eigenvalue weighted by atomic mass is 32.2. The molecule has 3 unspecified atom stereocenters. The lowest BCUT2D eigenvalue weighted by molar-refractivity contribution is -0.120. The molecular formula is C17H24O2S. The molecule has 0 saturated heterocycles. The predicted molar refractivity (Wildman–Crippen MR) is 83.2 cm³/mol. The second-order valence-corrected chi connectivity index (χ2v) is 7.48. The average molecular weight is 292 g/mol. The van der Waals surface area contributed by atoms with E-state index in [2.05, 4.69) is 6.92 Å². The number of benzene rings is 1. The van der Waals surface area contributed by atoms with Gasteiger partial charge in [-0.2, -0.15) is 0 Å². The van der Waals surface area contributed by atoms with E-state index in [1.54, 1.807) is 0 Å². The van der Waals surface area contributed by atoms with Crippen LogP contribution in [0.25, 0.3) is 0 Å². The molecule has 1 aromatic carbocycles. The van der Waals surface area contributed by atoms with Gasteiger partial charge in [0.2, 0.25) is 0 Å². The van der Waals surface area contributed by atoms with Crippen LogP contribution in [-0.4, -0.2) is 15.2 Å². The molecule has 0 aliphatic heterocycles. The Labute approximate surface area is 124 Å². The van der Waals surface area contributed by atoms with E-state index in [1.807, 2.05) is 31.2 Å². The van der Waals surface area contributed by atoms with Crippen molar-refractivity contribution in [3.8, 4) is 0 Å². The number of unbranched alkanes of at least 4 members (excludes halogenated alkanes) is 1. The molecule has 2 rings (SSSR count). The van der Waals surface area contributed by atoms with E-state index in [-0.39, 0.29) is 11.0 Å². The lowest BCUT2D eigenvalue weighted by Gasteiger charge is -2.27. The standard InChI is InChI=1S/C17H24O2S/c1-3-4-5-14-8-11-16(18)17(12-14)20(19)15-9-6-13(2)7-10-15/h6-7,9-10,14,17H,3-5,8,11-12H2,1-2H3. The zero-order valence-electron chi connectivity index (χ0n) is 12.4. The summed E-state index contributed by atoms with van der Waals surface area (Å²) >= 11 is 0. The maximum atomic E-state index is 12.6. The van der Waals surface area contributed by atoms with Crippen molar-refractivity contribution in [2.75, 3.05) is 0 Å². The van der Waals surface area contributed by atoms with Crippen LogP contribution in [0.2, 0.25) is 0 Å². The summed E-state index contributed by atoms with van der Waals surface area (Å²) in [6.07, 6.45) is 5.97. The Hall–Kier alpha value is -0.960. The highest BCUT2D eigenvalue weighted by molar-refractivity contribution is 7.86. The highest BCUT2D eigenvalue weighted by Crippen LogP contribution is 2.31. The first-order valence-electron chi connectivity index (χ1n) is 7.61. The first kappa shape index (κ1) is 15.4. The SMILES string of the molecule is CCCCC1CCC(=O)C(S(=O)c2ccc(C)cc2)C1. The van der Waals surface area contributed by atoms with Crippen molar-refractivity contribution < 1.29 is 9.00 Å². The molecule has 1 aliphatic rings. The zero-order valence-corrected chi connectivity index (χ0v) is 13.2. The second kappa shape index (κ2) is 7.16. The van der Waals surface area contributed by atoms with Crippen molar-refractivity contribution >= 4 is 16.6 Å². The van der Waals surface area contributed by atoms with Crippen LogP contribution in [0.4, 0.5) is 0 Å². The smallest absolute Gasteiger partial charge is 0.148 e. The maximum absolute atomic E-state index is 12.6. The van der Waals surface area contributed by atoms with Gasteiger partial charge in [0.1, 0.15) is 5.78 Å². The largest absolute Gasteiger partial charge is 0.298 e. The van der Waals surface area contributed by atoms with Crippen LogP contribution in [0.5, 0.6) is 0 Å². The number of rotatable bonds is 5. The summed E-state index contributed by atoms with van der Waals surface area (Å²) < 4.78 is 12.6. The van der Waals surface area contributed by atoms with E-state index in [1.165, 1.54) is 19.3 Å². The summed E-state index contributed by atoms with van der Waals surface area (Å²) in [5.74, 6) is 0.767. The van der Waals surface area contributed by atoms with Crippen molar-refractivity contribution in [1.29, 1.82) is 0 Å². The van der Waals surface area contributed by atoms with Crippen LogP contribution in [0, 0.1) is 12.8 Å². The third-order valence-corrected chi connectivity index (χ3v) is 5.89. The zero-order chi connectivity index (χ0) is 14.5. The van der Waals surface area contributed by atoms with Crippen molar-refractivity contribution in [1.82, 2.24) is 0 Å². The molecule has 1 aromatic rings. The first-order chi connectivity index (χ1) is 9.61. The number of hydrogen-bond acceptors (Lipinski definition) is 2. The van der Waals surface area contributed by atoms with E-state index < -0.39 is 10.8 Å². The first-order valence-corrected chi connectivity index (χ1v) is 8.83. The molecule has 0 heterocycles. The molecule has 0 amide bonds. The van der Waals surface area contributed by atoms with Crippen LogP contribution in [-0.2, 0) is 15.6 Å². The minimum Gasteiger partial charge on any atom is -0.298 e. The third kappa shape index (κ3) is 3.78. The molecule has 110 valence electrons. The molecule has 1 aliphatic carbocycles. The van der Waals surface area contributed by atoms with Gasteiger partial charge in [-0.1, -0.05) is 43.9 Å². The topological polar surface area (TPSA) is 34.1 Å². The number of aryl methyl sites for hydroxylation is 1. The summed E-state index contributed by atoms with van der Waals surface area (Å²) in [5, 5.41) is -0.284. The molecule has 0 bridgehead atoms. The fourth-order valence-electron chi connectivity index (χ4n) is 2.86. The van der Waals surface area contributed by atoms with E-state index >= 15 is 0 Å². The quantitative estimate of drug-likeness (QED) is 0.821. The molecule has 2 nitrogen and oxygen atoms in total. The molecule has 3 heteroatoms. The van der Waals surface area contributed by atoms with Crippen molar-refractivity contribution in [3.05, 3.63) is 29.8 Å². The van der Waals surface area contributed by atoms with Gasteiger partial charge in [-0.05, 0) is 37.8 Å². The van der Waals surface area contributed by atoms with Crippen LogP contribution >= 0.6 is 0 Å². The lowest BCUT2D eigenvalue weighted by atomic mass is 9.85. The minimum absolute atomic E-state index is 0.191. The Morgan fingerprint density at radius 1 is 1.25 bits per heavy atom. The van der Waals surface area contributed by atoms with Gasteiger partial charge in [0, 0.05) is 11.3 Å². The van der Waals surface area contributed by atoms with Gasteiger partial charge in [0.05, 0.1) is 16.0 Å². The summed E-state index contributed by atoms with van der Waals surface area (Å²) in [4.78, 5) is 12.9. The predicted octanol–water partition coefficient (Wildman–Crippen LogP) is 4.03. The fourth-order valence-corrected chi connectivity index (χ4v) is 4.39. The molecule has 3 atom stereocenters. The number of carbonyl (C=O) groups is 1. The molecular weight excluding hydrogens is 268 g/mol. The van der Waals surface area contributed by atoms with Gasteiger partial charge in [-0.25, -0.2) is 0 Å². The van der Waals surface area contributed by atoms with Crippen molar-refractivity contribution in [2.24, 2.45) is 5.92 Å². The van der Waals surface area contributed by atoms with Crippen LogP contribution in [0.15, 0.2) is 29.2 Å². The number of carbonyl (C=O) groups excluding carboxylic acids is 1. The van der Waals surface area contributed by atoms with Gasteiger partial charge in [-0.15, -0.1) is 0 Å². The molecule has 0 radical (unpaired) electrons.